The number of anilines is 1. The molecule has 0 atom stereocenters. The van der Waals surface area contributed by atoms with Crippen molar-refractivity contribution in [3.8, 4) is 0 Å². The van der Waals surface area contributed by atoms with E-state index in [1.807, 2.05) is 17.0 Å². The van der Waals surface area contributed by atoms with Crippen LogP contribution in [0.3, 0.4) is 0 Å². The molecule has 0 saturated carbocycles. The van der Waals surface area contributed by atoms with Crippen LogP contribution in [0.1, 0.15) is 39.3 Å². The van der Waals surface area contributed by atoms with Crippen molar-refractivity contribution in [1.82, 2.24) is 4.98 Å². The first-order valence-electron chi connectivity index (χ1n) is 6.37. The van der Waals surface area contributed by atoms with Gasteiger partial charge in [-0.1, -0.05) is 20.8 Å². The molecule has 2 heterocycles. The maximum absolute atomic E-state index is 13.1. The fraction of sp³-hybridized carbons (Fsp3) is 0.643. The fourth-order valence-electron chi connectivity index (χ4n) is 2.11. The van der Waals surface area contributed by atoms with Crippen LogP contribution in [0.5, 0.6) is 0 Å². The molecule has 0 N–H and O–H groups in total. The number of rotatable bonds is 1. The minimum atomic E-state index is -2.49. The average molecular weight is 254 g/mol. The van der Waals surface area contributed by atoms with Crippen LogP contribution >= 0.6 is 0 Å². The summed E-state index contributed by atoms with van der Waals surface area (Å²) in [5.74, 6) is -2.49. The first kappa shape index (κ1) is 13.2. The Labute approximate surface area is 107 Å². The molecule has 1 saturated heterocycles. The lowest BCUT2D eigenvalue weighted by Gasteiger charge is -2.33. The summed E-state index contributed by atoms with van der Waals surface area (Å²) in [6.07, 6.45) is 1.67. The van der Waals surface area contributed by atoms with Gasteiger partial charge in [0.25, 0.3) is 5.92 Å². The number of hydrogen-bond acceptors (Lipinski definition) is 2. The highest BCUT2D eigenvalue weighted by Gasteiger charge is 2.34. The van der Waals surface area contributed by atoms with Gasteiger partial charge in [-0.15, -0.1) is 0 Å². The van der Waals surface area contributed by atoms with Crippen molar-refractivity contribution in [3.63, 3.8) is 0 Å². The molecule has 0 radical (unpaired) electrons. The van der Waals surface area contributed by atoms with Crippen LogP contribution in [0, 0.1) is 0 Å². The molecule has 1 aromatic heterocycles. The Morgan fingerprint density at radius 1 is 1.17 bits per heavy atom. The van der Waals surface area contributed by atoms with E-state index in [1.54, 1.807) is 6.20 Å². The van der Waals surface area contributed by atoms with E-state index < -0.39 is 5.92 Å². The highest BCUT2D eigenvalue weighted by atomic mass is 19.3. The summed E-state index contributed by atoms with van der Waals surface area (Å²) < 4.78 is 26.1. The third-order valence-corrected chi connectivity index (χ3v) is 3.38. The van der Waals surface area contributed by atoms with Crippen LogP contribution in [0.15, 0.2) is 18.3 Å². The number of piperidine rings is 1. The van der Waals surface area contributed by atoms with E-state index in [1.165, 1.54) is 0 Å². The van der Waals surface area contributed by atoms with Gasteiger partial charge in [0.15, 0.2) is 0 Å². The zero-order chi connectivity index (χ0) is 13.4. The lowest BCUT2D eigenvalue weighted by atomic mass is 9.91. The van der Waals surface area contributed by atoms with E-state index >= 15 is 0 Å². The van der Waals surface area contributed by atoms with Gasteiger partial charge < -0.3 is 4.90 Å². The van der Waals surface area contributed by atoms with Gasteiger partial charge in [-0.05, 0) is 12.1 Å². The summed E-state index contributed by atoms with van der Waals surface area (Å²) >= 11 is 0. The smallest absolute Gasteiger partial charge is 0.251 e. The molecule has 2 nitrogen and oxygen atoms in total. The predicted molar refractivity (Wildman–Crippen MR) is 69.3 cm³/mol. The Balaban J connectivity index is 2.07. The van der Waals surface area contributed by atoms with Gasteiger partial charge in [0, 0.05) is 37.0 Å². The summed E-state index contributed by atoms with van der Waals surface area (Å²) in [5.41, 5.74) is 1.99. The topological polar surface area (TPSA) is 16.1 Å². The molecule has 18 heavy (non-hydrogen) atoms. The first-order valence-corrected chi connectivity index (χ1v) is 6.37. The quantitative estimate of drug-likeness (QED) is 0.761. The van der Waals surface area contributed by atoms with E-state index in [-0.39, 0.29) is 18.3 Å². The Kier molecular flexibility index (Phi) is 3.30. The number of nitrogens with zero attached hydrogens (tertiary/aromatic N) is 2. The minimum Gasteiger partial charge on any atom is -0.370 e. The fourth-order valence-corrected chi connectivity index (χ4v) is 2.11. The van der Waals surface area contributed by atoms with E-state index in [2.05, 4.69) is 25.8 Å². The molecule has 4 heteroatoms. The summed E-state index contributed by atoms with van der Waals surface area (Å²) in [6, 6.07) is 3.97. The van der Waals surface area contributed by atoms with Crippen molar-refractivity contribution >= 4 is 5.69 Å². The lowest BCUT2D eigenvalue weighted by Crippen LogP contribution is -2.39. The molecule has 100 valence electrons. The number of pyridine rings is 1. The number of alkyl halides is 2. The zero-order valence-corrected chi connectivity index (χ0v) is 11.2. The van der Waals surface area contributed by atoms with Gasteiger partial charge in [-0.2, -0.15) is 0 Å². The Hall–Kier alpha value is -1.19. The van der Waals surface area contributed by atoms with Crippen LogP contribution in [0.4, 0.5) is 14.5 Å². The molecule has 2 rings (SSSR count). The minimum absolute atomic E-state index is 0.0213. The van der Waals surface area contributed by atoms with Crippen LogP contribution in [0.25, 0.3) is 0 Å². The van der Waals surface area contributed by atoms with Gasteiger partial charge in [0.2, 0.25) is 0 Å². The monoisotopic (exact) mass is 254 g/mol. The largest absolute Gasteiger partial charge is 0.370 e. The van der Waals surface area contributed by atoms with E-state index in [0.717, 1.165) is 11.4 Å². The second-order valence-corrected chi connectivity index (χ2v) is 5.99. The number of aromatic nitrogens is 1. The molecule has 1 fully saturated rings. The molecule has 0 bridgehead atoms. The van der Waals surface area contributed by atoms with Crippen LogP contribution in [0.2, 0.25) is 0 Å². The van der Waals surface area contributed by atoms with Crippen molar-refractivity contribution in [2.75, 3.05) is 18.0 Å². The van der Waals surface area contributed by atoms with Crippen molar-refractivity contribution in [2.24, 2.45) is 0 Å². The molecular formula is C14H20F2N2. The van der Waals surface area contributed by atoms with Gasteiger partial charge in [0.1, 0.15) is 0 Å². The molecule has 0 unspecified atom stereocenters. The second kappa shape index (κ2) is 4.48. The molecule has 0 aliphatic carbocycles. The molecule has 1 aliphatic rings. The van der Waals surface area contributed by atoms with E-state index in [9.17, 15) is 8.78 Å². The Bertz CT molecular complexity index is 397. The van der Waals surface area contributed by atoms with Gasteiger partial charge >= 0.3 is 0 Å². The lowest BCUT2D eigenvalue weighted by molar-refractivity contribution is -0.0220. The summed E-state index contributed by atoms with van der Waals surface area (Å²) in [4.78, 5) is 6.42. The highest BCUT2D eigenvalue weighted by Crippen LogP contribution is 2.30. The normalized spacial score (nSPS) is 19.9. The van der Waals surface area contributed by atoms with Gasteiger partial charge in [-0.25, -0.2) is 8.78 Å². The van der Waals surface area contributed by atoms with Crippen molar-refractivity contribution in [1.29, 1.82) is 0 Å². The zero-order valence-electron chi connectivity index (χ0n) is 11.2. The third-order valence-electron chi connectivity index (χ3n) is 3.38. The SMILES string of the molecule is CC(C)(C)c1ccc(N2CCC(F)(F)CC2)cn1. The molecule has 0 amide bonds. The highest BCUT2D eigenvalue weighted by molar-refractivity contribution is 5.45. The summed E-state index contributed by atoms with van der Waals surface area (Å²) in [7, 11) is 0. The summed E-state index contributed by atoms with van der Waals surface area (Å²) in [5, 5.41) is 0. The van der Waals surface area contributed by atoms with Crippen molar-refractivity contribution in [3.05, 3.63) is 24.0 Å². The second-order valence-electron chi connectivity index (χ2n) is 5.99. The third kappa shape index (κ3) is 2.98. The van der Waals surface area contributed by atoms with Gasteiger partial charge in [-0.3, -0.25) is 4.98 Å². The molecule has 0 aromatic carbocycles. The van der Waals surface area contributed by atoms with Crippen LogP contribution in [-0.2, 0) is 5.41 Å². The molecular weight excluding hydrogens is 234 g/mol. The first-order chi connectivity index (χ1) is 8.28. The molecule has 0 spiro atoms. The maximum Gasteiger partial charge on any atom is 0.251 e. The average Bonchev–Trinajstić information content (AvgIpc) is 2.28. The number of halogens is 2. The maximum atomic E-state index is 13.1. The van der Waals surface area contributed by atoms with Crippen LogP contribution < -0.4 is 4.90 Å². The van der Waals surface area contributed by atoms with E-state index in [4.69, 9.17) is 0 Å². The Morgan fingerprint density at radius 2 is 1.78 bits per heavy atom. The summed E-state index contributed by atoms with van der Waals surface area (Å²) in [6.45, 7) is 7.14. The van der Waals surface area contributed by atoms with Crippen LogP contribution in [-0.4, -0.2) is 24.0 Å². The molecule has 1 aliphatic heterocycles. The van der Waals surface area contributed by atoms with Gasteiger partial charge in [0.05, 0.1) is 11.9 Å². The standard InChI is InChI=1S/C14H20F2N2/c1-13(2,3)12-5-4-11(10-17-12)18-8-6-14(15,16)7-9-18/h4-5,10H,6-9H2,1-3H3. The van der Waals surface area contributed by atoms with E-state index in [0.29, 0.717) is 13.1 Å². The predicted octanol–water partition coefficient (Wildman–Crippen LogP) is 3.61. The number of hydrogen-bond donors (Lipinski definition) is 0. The van der Waals surface area contributed by atoms with Crippen molar-refractivity contribution < 1.29 is 8.78 Å². The molecule has 1 aromatic rings. The Morgan fingerprint density at radius 3 is 2.22 bits per heavy atom. The van der Waals surface area contributed by atoms with Crippen molar-refractivity contribution in [2.45, 2.75) is 45.0 Å².